The number of nitrogens with one attached hydrogen (secondary N) is 1. The molecule has 3 aromatic rings. The number of benzene rings is 2. The predicted octanol–water partition coefficient (Wildman–Crippen LogP) is 2.35. The summed E-state index contributed by atoms with van der Waals surface area (Å²) >= 11 is 0. The minimum Gasteiger partial charge on any atom is -0.497 e. The Labute approximate surface area is 167 Å². The molecule has 8 heteroatoms. The van der Waals surface area contributed by atoms with Crippen molar-refractivity contribution in [3.63, 3.8) is 0 Å². The molecule has 0 radical (unpaired) electrons. The highest BCUT2D eigenvalue weighted by Crippen LogP contribution is 2.23. The second kappa shape index (κ2) is 8.00. The van der Waals surface area contributed by atoms with E-state index in [0.29, 0.717) is 43.2 Å². The Morgan fingerprint density at radius 2 is 1.83 bits per heavy atom. The summed E-state index contributed by atoms with van der Waals surface area (Å²) in [6.45, 7) is 2.44. The van der Waals surface area contributed by atoms with Crippen molar-refractivity contribution < 1.29 is 18.7 Å². The number of rotatable bonds is 5. The number of aromatic nitrogens is 2. The van der Waals surface area contributed by atoms with Gasteiger partial charge in [-0.3, -0.25) is 19.6 Å². The molecular weight excluding hydrogens is 375 g/mol. The van der Waals surface area contributed by atoms with Crippen molar-refractivity contribution in [2.45, 2.75) is 0 Å². The van der Waals surface area contributed by atoms with Crippen molar-refractivity contribution in [1.29, 1.82) is 0 Å². The van der Waals surface area contributed by atoms with Crippen LogP contribution < -0.4 is 4.74 Å². The first-order chi connectivity index (χ1) is 14.0. The maximum Gasteiger partial charge on any atom is 0.275 e. The molecule has 7 nitrogen and oxygen atoms in total. The molecule has 4 rings (SSSR count). The fourth-order valence-corrected chi connectivity index (χ4v) is 3.47. The van der Waals surface area contributed by atoms with E-state index in [0.717, 1.165) is 10.9 Å². The normalized spacial score (nSPS) is 14.9. The van der Waals surface area contributed by atoms with E-state index in [4.69, 9.17) is 4.74 Å². The molecule has 1 fully saturated rings. The molecule has 1 aromatic heterocycles. The average molecular weight is 396 g/mol. The van der Waals surface area contributed by atoms with Crippen molar-refractivity contribution in [2.75, 3.05) is 39.8 Å². The lowest BCUT2D eigenvalue weighted by molar-refractivity contribution is 0.0621. The van der Waals surface area contributed by atoms with Gasteiger partial charge in [-0.15, -0.1) is 0 Å². The minimum atomic E-state index is -0.364. The van der Waals surface area contributed by atoms with Crippen LogP contribution in [-0.2, 0) is 0 Å². The van der Waals surface area contributed by atoms with Crippen LogP contribution in [0.3, 0.4) is 0 Å². The molecular formula is C21H21FN4O3. The topological polar surface area (TPSA) is 78.5 Å². The number of ether oxygens (including phenoxy) is 1. The van der Waals surface area contributed by atoms with E-state index in [1.165, 1.54) is 24.3 Å². The van der Waals surface area contributed by atoms with Crippen LogP contribution >= 0.6 is 0 Å². The highest BCUT2D eigenvalue weighted by Gasteiger charge is 2.26. The molecule has 29 heavy (non-hydrogen) atoms. The van der Waals surface area contributed by atoms with Crippen LogP contribution in [0, 0.1) is 5.82 Å². The van der Waals surface area contributed by atoms with Gasteiger partial charge in [-0.05, 0) is 42.5 Å². The molecule has 0 spiro atoms. The van der Waals surface area contributed by atoms with Crippen molar-refractivity contribution in [1.82, 2.24) is 20.0 Å². The monoisotopic (exact) mass is 396 g/mol. The van der Waals surface area contributed by atoms with Gasteiger partial charge in [0.1, 0.15) is 11.6 Å². The van der Waals surface area contributed by atoms with Crippen LogP contribution in [-0.4, -0.2) is 71.5 Å². The highest BCUT2D eigenvalue weighted by molar-refractivity contribution is 6.05. The first-order valence-corrected chi connectivity index (χ1v) is 9.37. The lowest BCUT2D eigenvalue weighted by Crippen LogP contribution is -2.50. The van der Waals surface area contributed by atoms with Crippen LogP contribution in [0.5, 0.6) is 5.75 Å². The van der Waals surface area contributed by atoms with Gasteiger partial charge in [0.05, 0.1) is 19.2 Å². The zero-order valence-electron chi connectivity index (χ0n) is 16.0. The van der Waals surface area contributed by atoms with Gasteiger partial charge >= 0.3 is 0 Å². The third-order valence-corrected chi connectivity index (χ3v) is 5.17. The number of piperazine rings is 1. The Bertz CT molecular complexity index is 1040. The van der Waals surface area contributed by atoms with Crippen LogP contribution in [0.25, 0.3) is 10.9 Å². The maximum absolute atomic E-state index is 13.0. The van der Waals surface area contributed by atoms with Gasteiger partial charge in [0.25, 0.3) is 5.91 Å². The molecule has 1 aliphatic heterocycles. The molecule has 0 saturated carbocycles. The Kier molecular flexibility index (Phi) is 5.26. The number of H-pyrrole nitrogens is 1. The van der Waals surface area contributed by atoms with Crippen molar-refractivity contribution >= 4 is 22.6 Å². The summed E-state index contributed by atoms with van der Waals surface area (Å²) in [5, 5.41) is 7.80. The number of amides is 1. The number of Topliss-reactive ketones (excluding diaryl/α,β-unsaturated/α-hetero) is 1. The summed E-state index contributed by atoms with van der Waals surface area (Å²) in [7, 11) is 1.58. The SMILES string of the molecule is COc1ccc2[nH]nc(C(=O)N3CCN(CC(=O)c4ccc(F)cc4)CC3)c2c1. The third kappa shape index (κ3) is 3.97. The number of carbonyl (C=O) groups is 2. The summed E-state index contributed by atoms with van der Waals surface area (Å²) in [5.74, 6) is 0.0958. The summed E-state index contributed by atoms with van der Waals surface area (Å²) < 4.78 is 18.3. The van der Waals surface area contributed by atoms with E-state index in [9.17, 15) is 14.0 Å². The third-order valence-electron chi connectivity index (χ3n) is 5.17. The van der Waals surface area contributed by atoms with Crippen molar-refractivity contribution in [3.8, 4) is 5.75 Å². The first kappa shape index (κ1) is 19.1. The van der Waals surface area contributed by atoms with Gasteiger partial charge in [-0.25, -0.2) is 4.39 Å². The summed E-state index contributed by atoms with van der Waals surface area (Å²) in [6, 6.07) is 11.0. The van der Waals surface area contributed by atoms with Crippen LogP contribution in [0.15, 0.2) is 42.5 Å². The van der Waals surface area contributed by atoms with E-state index >= 15 is 0 Å². The van der Waals surface area contributed by atoms with E-state index in [2.05, 4.69) is 10.2 Å². The largest absolute Gasteiger partial charge is 0.497 e. The van der Waals surface area contributed by atoms with Crippen LogP contribution in [0.1, 0.15) is 20.8 Å². The minimum absolute atomic E-state index is 0.0600. The molecule has 1 amide bonds. The van der Waals surface area contributed by atoms with Crippen LogP contribution in [0.4, 0.5) is 4.39 Å². The lowest BCUT2D eigenvalue weighted by atomic mass is 10.1. The Morgan fingerprint density at radius 3 is 2.52 bits per heavy atom. The van der Waals surface area contributed by atoms with E-state index in [1.807, 2.05) is 17.0 Å². The van der Waals surface area contributed by atoms with Gasteiger partial charge in [0.2, 0.25) is 0 Å². The molecule has 150 valence electrons. The molecule has 1 aliphatic rings. The number of hydrogen-bond acceptors (Lipinski definition) is 5. The van der Waals surface area contributed by atoms with Crippen molar-refractivity contribution in [3.05, 3.63) is 59.5 Å². The smallest absolute Gasteiger partial charge is 0.275 e. The van der Waals surface area contributed by atoms with E-state index < -0.39 is 0 Å². The number of hydrogen-bond donors (Lipinski definition) is 1. The van der Waals surface area contributed by atoms with Crippen LogP contribution in [0.2, 0.25) is 0 Å². The fraction of sp³-hybridized carbons (Fsp3) is 0.286. The van der Waals surface area contributed by atoms with Gasteiger partial charge in [-0.1, -0.05) is 0 Å². The Morgan fingerprint density at radius 1 is 1.10 bits per heavy atom. The Hall–Kier alpha value is -3.26. The quantitative estimate of drug-likeness (QED) is 0.670. The first-order valence-electron chi connectivity index (χ1n) is 9.37. The molecule has 1 saturated heterocycles. The molecule has 0 unspecified atom stereocenters. The molecule has 2 aromatic carbocycles. The zero-order valence-corrected chi connectivity index (χ0v) is 16.0. The zero-order chi connectivity index (χ0) is 20.4. The number of carbonyl (C=O) groups excluding carboxylic acids is 2. The molecule has 0 aliphatic carbocycles. The number of methoxy groups -OCH3 is 1. The summed E-state index contributed by atoms with van der Waals surface area (Å²) in [6.07, 6.45) is 0. The molecule has 2 heterocycles. The molecule has 0 bridgehead atoms. The summed E-state index contributed by atoms with van der Waals surface area (Å²) in [5.41, 5.74) is 1.63. The lowest BCUT2D eigenvalue weighted by Gasteiger charge is -2.34. The van der Waals surface area contributed by atoms with Gasteiger partial charge in [-0.2, -0.15) is 5.10 Å². The van der Waals surface area contributed by atoms with E-state index in [-0.39, 0.29) is 24.1 Å². The number of aromatic amines is 1. The number of halogens is 1. The number of fused-ring (bicyclic) bond motifs is 1. The standard InChI is InChI=1S/C21H21FN4O3/c1-29-16-6-7-18-17(12-16)20(24-23-18)21(28)26-10-8-25(9-11-26)13-19(27)14-2-4-15(22)5-3-14/h2-7,12H,8-11,13H2,1H3,(H,23,24). The highest BCUT2D eigenvalue weighted by atomic mass is 19.1. The number of ketones is 1. The second-order valence-corrected chi connectivity index (χ2v) is 6.98. The predicted molar refractivity (Wildman–Crippen MR) is 106 cm³/mol. The fourth-order valence-electron chi connectivity index (χ4n) is 3.47. The maximum atomic E-state index is 13.0. The molecule has 0 atom stereocenters. The summed E-state index contributed by atoms with van der Waals surface area (Å²) in [4.78, 5) is 29.0. The van der Waals surface area contributed by atoms with Gasteiger partial charge in [0.15, 0.2) is 11.5 Å². The van der Waals surface area contributed by atoms with Gasteiger partial charge < -0.3 is 9.64 Å². The van der Waals surface area contributed by atoms with Gasteiger partial charge in [0, 0.05) is 37.1 Å². The van der Waals surface area contributed by atoms with Crippen molar-refractivity contribution in [2.24, 2.45) is 0 Å². The molecule has 1 N–H and O–H groups in total. The second-order valence-electron chi connectivity index (χ2n) is 6.98. The Balaban J connectivity index is 1.39. The average Bonchev–Trinajstić information content (AvgIpc) is 3.17. The van der Waals surface area contributed by atoms with E-state index in [1.54, 1.807) is 18.1 Å². The number of nitrogens with zero attached hydrogens (tertiary/aromatic N) is 3.